The number of hydrogen-bond donors (Lipinski definition) is 2. The standard InChI is InChI=1S/C20H22N8O/c29-19-2-1-9-23-28(19)16-7-8-18(21-11-16)24-14-5-6-15(10-14)25-20-22-12-17(26-27-20)13-3-4-13/h1-2,7-9,11-15H,3-6,10H2,(H,21,24)(H,22,25,27)/t14-,15-/m0/s1. The molecular weight excluding hydrogens is 368 g/mol. The molecule has 0 saturated heterocycles. The quantitative estimate of drug-likeness (QED) is 0.659. The molecule has 3 aromatic rings. The van der Waals surface area contributed by atoms with Gasteiger partial charge in [0.2, 0.25) is 5.95 Å². The molecule has 2 saturated carbocycles. The lowest BCUT2D eigenvalue weighted by atomic mass is 10.2. The van der Waals surface area contributed by atoms with Crippen molar-refractivity contribution < 1.29 is 0 Å². The largest absolute Gasteiger partial charge is 0.367 e. The molecule has 29 heavy (non-hydrogen) atoms. The molecule has 0 unspecified atom stereocenters. The predicted octanol–water partition coefficient (Wildman–Crippen LogP) is 2.13. The summed E-state index contributed by atoms with van der Waals surface area (Å²) in [6.45, 7) is 0. The predicted molar refractivity (Wildman–Crippen MR) is 108 cm³/mol. The van der Waals surface area contributed by atoms with E-state index in [0.29, 0.717) is 29.6 Å². The van der Waals surface area contributed by atoms with Gasteiger partial charge in [-0.25, -0.2) is 9.97 Å². The van der Waals surface area contributed by atoms with Gasteiger partial charge in [-0.15, -0.1) is 10.2 Å². The van der Waals surface area contributed by atoms with E-state index in [-0.39, 0.29) is 5.56 Å². The molecule has 3 heterocycles. The van der Waals surface area contributed by atoms with Crippen LogP contribution in [0.4, 0.5) is 11.8 Å². The maximum absolute atomic E-state index is 11.9. The van der Waals surface area contributed by atoms with Crippen molar-refractivity contribution in [2.45, 2.75) is 50.1 Å². The van der Waals surface area contributed by atoms with Crippen LogP contribution in [0.15, 0.2) is 47.7 Å². The van der Waals surface area contributed by atoms with Crippen LogP contribution >= 0.6 is 0 Å². The molecule has 2 N–H and O–H groups in total. The number of aromatic nitrogens is 6. The third kappa shape index (κ3) is 4.08. The summed E-state index contributed by atoms with van der Waals surface area (Å²) in [6.07, 6.45) is 10.5. The van der Waals surface area contributed by atoms with Gasteiger partial charge in [0.05, 0.1) is 23.8 Å². The summed E-state index contributed by atoms with van der Waals surface area (Å²) in [5.74, 6) is 1.96. The first kappa shape index (κ1) is 17.7. The zero-order valence-corrected chi connectivity index (χ0v) is 15.9. The Morgan fingerprint density at radius 1 is 0.931 bits per heavy atom. The van der Waals surface area contributed by atoms with Crippen molar-refractivity contribution in [2.75, 3.05) is 10.6 Å². The van der Waals surface area contributed by atoms with Crippen LogP contribution in [0.3, 0.4) is 0 Å². The minimum Gasteiger partial charge on any atom is -0.367 e. The number of anilines is 2. The lowest BCUT2D eigenvalue weighted by Crippen LogP contribution is -2.22. The Labute approximate surface area is 167 Å². The molecule has 5 rings (SSSR count). The Morgan fingerprint density at radius 2 is 1.79 bits per heavy atom. The van der Waals surface area contributed by atoms with E-state index in [1.54, 1.807) is 18.5 Å². The lowest BCUT2D eigenvalue weighted by molar-refractivity contribution is 0.710. The van der Waals surface area contributed by atoms with Crippen molar-refractivity contribution in [2.24, 2.45) is 0 Å². The van der Waals surface area contributed by atoms with E-state index >= 15 is 0 Å². The first-order valence-electron chi connectivity index (χ1n) is 9.98. The summed E-state index contributed by atoms with van der Waals surface area (Å²) >= 11 is 0. The Morgan fingerprint density at radius 3 is 2.48 bits per heavy atom. The number of nitrogens with one attached hydrogen (secondary N) is 2. The Hall–Kier alpha value is -3.36. The maximum atomic E-state index is 11.9. The topological polar surface area (TPSA) is 111 Å². The van der Waals surface area contributed by atoms with Gasteiger partial charge in [0.1, 0.15) is 5.82 Å². The molecule has 148 valence electrons. The number of hydrogen-bond acceptors (Lipinski definition) is 8. The van der Waals surface area contributed by atoms with Gasteiger partial charge in [-0.3, -0.25) is 4.79 Å². The summed E-state index contributed by atoms with van der Waals surface area (Å²) in [4.78, 5) is 20.7. The molecule has 0 aliphatic heterocycles. The van der Waals surface area contributed by atoms with Crippen LogP contribution in [0.2, 0.25) is 0 Å². The van der Waals surface area contributed by atoms with E-state index in [1.807, 2.05) is 18.3 Å². The SMILES string of the molecule is O=c1cccnn1-c1ccc(N[C@H]2CC[C@H](Nc3ncc(C4CC4)nn3)C2)nc1. The molecule has 2 atom stereocenters. The van der Waals surface area contributed by atoms with Crippen molar-refractivity contribution in [1.29, 1.82) is 0 Å². The number of pyridine rings is 1. The third-order valence-electron chi connectivity index (χ3n) is 5.40. The van der Waals surface area contributed by atoms with E-state index in [2.05, 4.69) is 35.9 Å². The van der Waals surface area contributed by atoms with Crippen LogP contribution in [0.1, 0.15) is 43.7 Å². The van der Waals surface area contributed by atoms with E-state index in [1.165, 1.54) is 23.6 Å². The fraction of sp³-hybridized carbons (Fsp3) is 0.400. The van der Waals surface area contributed by atoms with E-state index in [0.717, 1.165) is 30.8 Å². The van der Waals surface area contributed by atoms with Crippen molar-refractivity contribution in [3.05, 3.63) is 58.9 Å². The maximum Gasteiger partial charge on any atom is 0.271 e. The highest BCUT2D eigenvalue weighted by atomic mass is 16.1. The first-order chi connectivity index (χ1) is 14.2. The molecule has 2 aliphatic rings. The van der Waals surface area contributed by atoms with Gasteiger partial charge < -0.3 is 10.6 Å². The van der Waals surface area contributed by atoms with Gasteiger partial charge in [0, 0.05) is 30.3 Å². The van der Waals surface area contributed by atoms with E-state index in [4.69, 9.17) is 0 Å². The van der Waals surface area contributed by atoms with Crippen molar-refractivity contribution in [3.63, 3.8) is 0 Å². The van der Waals surface area contributed by atoms with Gasteiger partial charge in [-0.05, 0) is 50.3 Å². The highest BCUT2D eigenvalue weighted by Gasteiger charge is 2.27. The van der Waals surface area contributed by atoms with Crippen LogP contribution in [0, 0.1) is 0 Å². The number of nitrogens with zero attached hydrogens (tertiary/aromatic N) is 6. The molecule has 2 fully saturated rings. The fourth-order valence-corrected chi connectivity index (χ4v) is 3.70. The third-order valence-corrected chi connectivity index (χ3v) is 5.40. The molecule has 9 heteroatoms. The molecule has 9 nitrogen and oxygen atoms in total. The zero-order chi connectivity index (χ0) is 19.6. The summed E-state index contributed by atoms with van der Waals surface area (Å²) in [6, 6.07) is 7.45. The monoisotopic (exact) mass is 390 g/mol. The van der Waals surface area contributed by atoms with Gasteiger partial charge in [0.25, 0.3) is 5.56 Å². The molecule has 0 amide bonds. The minimum absolute atomic E-state index is 0.179. The Bertz CT molecular complexity index is 1030. The van der Waals surface area contributed by atoms with Crippen molar-refractivity contribution in [3.8, 4) is 5.69 Å². The normalized spacial score (nSPS) is 21.1. The molecular formula is C20H22N8O. The second-order valence-corrected chi connectivity index (χ2v) is 7.65. The molecule has 3 aromatic heterocycles. The summed E-state index contributed by atoms with van der Waals surface area (Å²) in [5, 5.41) is 19.4. The Kier molecular flexibility index (Phi) is 4.63. The fourth-order valence-electron chi connectivity index (χ4n) is 3.70. The van der Waals surface area contributed by atoms with Crippen molar-refractivity contribution in [1.82, 2.24) is 29.9 Å². The number of rotatable bonds is 6. The van der Waals surface area contributed by atoms with Gasteiger partial charge in [0.15, 0.2) is 0 Å². The summed E-state index contributed by atoms with van der Waals surface area (Å²) in [5.41, 5.74) is 1.47. The molecule has 0 bridgehead atoms. The molecule has 0 spiro atoms. The minimum atomic E-state index is -0.179. The smallest absolute Gasteiger partial charge is 0.271 e. The van der Waals surface area contributed by atoms with Crippen molar-refractivity contribution >= 4 is 11.8 Å². The van der Waals surface area contributed by atoms with Crippen LogP contribution in [0.25, 0.3) is 5.69 Å². The highest BCUT2D eigenvalue weighted by Crippen LogP contribution is 2.38. The second kappa shape index (κ2) is 7.57. The van der Waals surface area contributed by atoms with Gasteiger partial charge >= 0.3 is 0 Å². The van der Waals surface area contributed by atoms with Crippen LogP contribution in [0.5, 0.6) is 0 Å². The van der Waals surface area contributed by atoms with E-state index < -0.39 is 0 Å². The summed E-state index contributed by atoms with van der Waals surface area (Å²) < 4.78 is 1.33. The Balaban J connectivity index is 1.16. The van der Waals surface area contributed by atoms with Gasteiger partial charge in [-0.1, -0.05) is 0 Å². The van der Waals surface area contributed by atoms with Crippen LogP contribution < -0.4 is 16.2 Å². The highest BCUT2D eigenvalue weighted by molar-refractivity contribution is 5.41. The molecule has 0 radical (unpaired) electrons. The van der Waals surface area contributed by atoms with Crippen LogP contribution in [-0.2, 0) is 0 Å². The van der Waals surface area contributed by atoms with Crippen LogP contribution in [-0.4, -0.2) is 42.0 Å². The zero-order valence-electron chi connectivity index (χ0n) is 15.9. The van der Waals surface area contributed by atoms with Gasteiger partial charge in [-0.2, -0.15) is 9.78 Å². The van der Waals surface area contributed by atoms with E-state index in [9.17, 15) is 4.79 Å². The first-order valence-corrected chi connectivity index (χ1v) is 9.98. The molecule has 2 aliphatic carbocycles. The average Bonchev–Trinajstić information content (AvgIpc) is 3.51. The molecule has 0 aromatic carbocycles. The summed E-state index contributed by atoms with van der Waals surface area (Å²) in [7, 11) is 0. The lowest BCUT2D eigenvalue weighted by Gasteiger charge is -2.15. The average molecular weight is 390 g/mol. The second-order valence-electron chi connectivity index (χ2n) is 7.65.